The van der Waals surface area contributed by atoms with Gasteiger partial charge in [0.05, 0.1) is 6.20 Å². The van der Waals surface area contributed by atoms with Gasteiger partial charge in [-0.25, -0.2) is 9.78 Å². The predicted molar refractivity (Wildman–Crippen MR) is 81.4 cm³/mol. The first-order valence-electron chi connectivity index (χ1n) is 7.35. The van der Waals surface area contributed by atoms with Crippen molar-refractivity contribution in [3.63, 3.8) is 0 Å². The molecule has 0 spiro atoms. The normalized spacial score (nSPS) is 22.2. The van der Waals surface area contributed by atoms with Gasteiger partial charge in [-0.15, -0.1) is 0 Å². The summed E-state index contributed by atoms with van der Waals surface area (Å²) in [7, 11) is 0. The number of nitrogens with zero attached hydrogens (tertiary/aromatic N) is 3. The smallest absolute Gasteiger partial charge is 0.407 e. The molecule has 1 saturated heterocycles. The highest BCUT2D eigenvalue weighted by Crippen LogP contribution is 2.35. The van der Waals surface area contributed by atoms with Gasteiger partial charge in [0.15, 0.2) is 5.82 Å². The molecule has 0 aromatic carbocycles. The lowest BCUT2D eigenvalue weighted by molar-refractivity contribution is -0.122. The molecule has 7 nitrogen and oxygen atoms in total. The third-order valence-corrected chi connectivity index (χ3v) is 4.03. The van der Waals surface area contributed by atoms with Gasteiger partial charge in [0.2, 0.25) is 5.91 Å². The number of aromatic nitrogens is 2. The molecular weight excluding hydrogens is 284 g/mol. The zero-order valence-corrected chi connectivity index (χ0v) is 13.1. The van der Waals surface area contributed by atoms with E-state index in [1.165, 1.54) is 23.5 Å². The minimum Gasteiger partial charge on any atom is -0.465 e. The quantitative estimate of drug-likeness (QED) is 0.873. The van der Waals surface area contributed by atoms with E-state index in [9.17, 15) is 14.7 Å². The summed E-state index contributed by atoms with van der Waals surface area (Å²) >= 11 is 0. The molecule has 22 heavy (non-hydrogen) atoms. The fourth-order valence-corrected chi connectivity index (χ4v) is 2.85. The van der Waals surface area contributed by atoms with Crippen LogP contribution in [0.2, 0.25) is 0 Å². The predicted octanol–water partition coefficient (Wildman–Crippen LogP) is 2.22. The highest BCUT2D eigenvalue weighted by Gasteiger charge is 2.40. The molecule has 0 bridgehead atoms. The Morgan fingerprint density at radius 3 is 2.64 bits per heavy atom. The molecule has 2 atom stereocenters. The van der Waals surface area contributed by atoms with Crippen LogP contribution in [0, 0.1) is 11.3 Å². The van der Waals surface area contributed by atoms with Crippen molar-refractivity contribution in [1.82, 2.24) is 14.9 Å². The lowest BCUT2D eigenvalue weighted by atomic mass is 9.77. The Morgan fingerprint density at radius 1 is 1.36 bits per heavy atom. The molecule has 1 fully saturated rings. The van der Waals surface area contributed by atoms with Crippen molar-refractivity contribution in [3.05, 3.63) is 18.6 Å². The largest absolute Gasteiger partial charge is 0.465 e. The minimum atomic E-state index is -0.923. The van der Waals surface area contributed by atoms with Crippen LogP contribution in [-0.4, -0.2) is 44.6 Å². The summed E-state index contributed by atoms with van der Waals surface area (Å²) in [5.74, 6) is 0.0714. The Kier molecular flexibility index (Phi) is 4.63. The second-order valence-electron chi connectivity index (χ2n) is 6.66. The van der Waals surface area contributed by atoms with E-state index in [1.54, 1.807) is 0 Å². The maximum Gasteiger partial charge on any atom is 0.407 e. The van der Waals surface area contributed by atoms with E-state index in [2.05, 4.69) is 15.3 Å². The van der Waals surface area contributed by atoms with E-state index in [1.807, 2.05) is 20.8 Å². The number of amides is 2. The van der Waals surface area contributed by atoms with Gasteiger partial charge in [0.1, 0.15) is 0 Å². The molecule has 2 rings (SSSR count). The molecule has 7 heteroatoms. The lowest BCUT2D eigenvalue weighted by Crippen LogP contribution is -2.53. The molecule has 1 aliphatic rings. The van der Waals surface area contributed by atoms with Crippen molar-refractivity contribution in [1.29, 1.82) is 0 Å². The van der Waals surface area contributed by atoms with Gasteiger partial charge in [-0.05, 0) is 18.3 Å². The van der Waals surface area contributed by atoms with Crippen molar-refractivity contribution in [2.45, 2.75) is 39.7 Å². The standard InChI is InChI=1S/C15H22N4O3/c1-15(2,3)11-8-10(4-7-19(11)14(21)22)13(20)18-12-9-16-5-6-17-12/h5-6,9-11H,4,7-8H2,1-3H3,(H,21,22)(H,17,18,20). The molecule has 1 aromatic rings. The monoisotopic (exact) mass is 306 g/mol. The van der Waals surface area contributed by atoms with Gasteiger partial charge in [-0.2, -0.15) is 0 Å². The summed E-state index contributed by atoms with van der Waals surface area (Å²) in [6.45, 7) is 6.36. The third-order valence-electron chi connectivity index (χ3n) is 4.03. The van der Waals surface area contributed by atoms with Gasteiger partial charge < -0.3 is 15.3 Å². The topological polar surface area (TPSA) is 95.4 Å². The summed E-state index contributed by atoms with van der Waals surface area (Å²) in [6, 6.07) is -0.184. The van der Waals surface area contributed by atoms with Crippen molar-refractivity contribution >= 4 is 17.8 Å². The minimum absolute atomic E-state index is 0.125. The highest BCUT2D eigenvalue weighted by atomic mass is 16.4. The van der Waals surface area contributed by atoms with Crippen molar-refractivity contribution in [2.24, 2.45) is 11.3 Å². The number of likely N-dealkylation sites (tertiary alicyclic amines) is 1. The SMILES string of the molecule is CC(C)(C)C1CC(C(=O)Nc2cnccn2)CCN1C(=O)O. The summed E-state index contributed by atoms with van der Waals surface area (Å²) in [4.78, 5) is 33.1. The van der Waals surface area contributed by atoms with Gasteiger partial charge in [0, 0.05) is 30.9 Å². The zero-order valence-electron chi connectivity index (χ0n) is 13.1. The van der Waals surface area contributed by atoms with Crippen LogP contribution in [0.3, 0.4) is 0 Å². The Hall–Kier alpha value is -2.18. The number of piperidine rings is 1. The van der Waals surface area contributed by atoms with Crippen LogP contribution in [0.25, 0.3) is 0 Å². The summed E-state index contributed by atoms with van der Waals surface area (Å²) in [5, 5.41) is 12.1. The molecule has 1 aromatic heterocycles. The molecule has 0 radical (unpaired) electrons. The van der Waals surface area contributed by atoms with Crippen LogP contribution in [0.15, 0.2) is 18.6 Å². The molecule has 2 amide bonds. The van der Waals surface area contributed by atoms with E-state index < -0.39 is 6.09 Å². The van der Waals surface area contributed by atoms with Crippen LogP contribution >= 0.6 is 0 Å². The van der Waals surface area contributed by atoms with Crippen LogP contribution < -0.4 is 5.32 Å². The lowest BCUT2D eigenvalue weighted by Gasteiger charge is -2.44. The second-order valence-corrected chi connectivity index (χ2v) is 6.66. The first kappa shape index (κ1) is 16.2. The molecule has 0 saturated carbocycles. The number of rotatable bonds is 2. The number of carbonyl (C=O) groups excluding carboxylic acids is 1. The summed E-state index contributed by atoms with van der Waals surface area (Å²) in [6.07, 6.45) is 4.66. The summed E-state index contributed by atoms with van der Waals surface area (Å²) in [5.41, 5.74) is -0.218. The van der Waals surface area contributed by atoms with Gasteiger partial charge in [-0.3, -0.25) is 9.78 Å². The molecule has 120 valence electrons. The molecule has 2 unspecified atom stereocenters. The second kappa shape index (κ2) is 6.29. The Labute approximate surface area is 129 Å². The molecule has 1 aliphatic heterocycles. The molecular formula is C15H22N4O3. The van der Waals surface area contributed by atoms with Crippen LogP contribution in [0.5, 0.6) is 0 Å². The first-order valence-corrected chi connectivity index (χ1v) is 7.35. The molecule has 2 heterocycles. The van der Waals surface area contributed by atoms with Crippen molar-refractivity contribution in [2.75, 3.05) is 11.9 Å². The van der Waals surface area contributed by atoms with E-state index in [-0.39, 0.29) is 23.3 Å². The van der Waals surface area contributed by atoms with E-state index in [4.69, 9.17) is 0 Å². The number of anilines is 1. The first-order chi connectivity index (χ1) is 10.3. The van der Waals surface area contributed by atoms with Crippen LogP contribution in [0.1, 0.15) is 33.6 Å². The van der Waals surface area contributed by atoms with Gasteiger partial charge >= 0.3 is 6.09 Å². The number of hydrogen-bond donors (Lipinski definition) is 2. The highest BCUT2D eigenvalue weighted by molar-refractivity contribution is 5.91. The van der Waals surface area contributed by atoms with E-state index in [0.29, 0.717) is 25.2 Å². The Morgan fingerprint density at radius 2 is 2.09 bits per heavy atom. The average molecular weight is 306 g/mol. The van der Waals surface area contributed by atoms with Gasteiger partial charge in [0.25, 0.3) is 0 Å². The van der Waals surface area contributed by atoms with Crippen molar-refractivity contribution < 1.29 is 14.7 Å². The Balaban J connectivity index is 2.07. The summed E-state index contributed by atoms with van der Waals surface area (Å²) < 4.78 is 0. The number of carbonyl (C=O) groups is 2. The van der Waals surface area contributed by atoms with Gasteiger partial charge in [-0.1, -0.05) is 20.8 Å². The van der Waals surface area contributed by atoms with E-state index in [0.717, 1.165) is 0 Å². The number of hydrogen-bond acceptors (Lipinski definition) is 4. The Bertz CT molecular complexity index is 541. The number of carboxylic acid groups (broad SMARTS) is 1. The zero-order chi connectivity index (χ0) is 16.3. The molecule has 0 aliphatic carbocycles. The number of nitrogens with one attached hydrogen (secondary N) is 1. The fourth-order valence-electron chi connectivity index (χ4n) is 2.85. The molecule has 2 N–H and O–H groups in total. The van der Waals surface area contributed by atoms with Crippen LogP contribution in [0.4, 0.5) is 10.6 Å². The maximum absolute atomic E-state index is 12.4. The van der Waals surface area contributed by atoms with Crippen LogP contribution in [-0.2, 0) is 4.79 Å². The van der Waals surface area contributed by atoms with E-state index >= 15 is 0 Å². The average Bonchev–Trinajstić information content (AvgIpc) is 2.46. The maximum atomic E-state index is 12.4. The van der Waals surface area contributed by atoms with Crippen molar-refractivity contribution in [3.8, 4) is 0 Å². The fraction of sp³-hybridized carbons (Fsp3) is 0.600. The third kappa shape index (κ3) is 3.72.